The summed E-state index contributed by atoms with van der Waals surface area (Å²) in [6, 6.07) is 3.90. The maximum atomic E-state index is 5.13. The molecule has 0 aliphatic heterocycles. The summed E-state index contributed by atoms with van der Waals surface area (Å²) in [6.07, 6.45) is 3.26. The zero-order valence-corrected chi connectivity index (χ0v) is 8.15. The molecule has 2 rings (SSSR count). The average Bonchev–Trinajstić information content (AvgIpc) is 2.66. The van der Waals surface area contributed by atoms with E-state index in [-0.39, 0.29) is 6.29 Å². The van der Waals surface area contributed by atoms with Gasteiger partial charge >= 0.3 is 0 Å². The van der Waals surface area contributed by atoms with Gasteiger partial charge in [0.25, 0.3) is 0 Å². The predicted molar refractivity (Wildman–Crippen MR) is 52.9 cm³/mol. The molecule has 0 amide bonds. The Kier molecular flexibility index (Phi) is 2.47. The monoisotopic (exact) mass is 192 g/mol. The molecule has 0 aliphatic carbocycles. The molecule has 0 radical (unpaired) electrons. The summed E-state index contributed by atoms with van der Waals surface area (Å²) in [5.41, 5.74) is 2.84. The van der Waals surface area contributed by atoms with Gasteiger partial charge in [-0.1, -0.05) is 0 Å². The number of hydrogen-bond donors (Lipinski definition) is 1. The number of nitrogens with one attached hydrogen (secondary N) is 1. The van der Waals surface area contributed by atoms with Crippen LogP contribution in [0.4, 0.5) is 0 Å². The van der Waals surface area contributed by atoms with Gasteiger partial charge in [0.1, 0.15) is 0 Å². The van der Waals surface area contributed by atoms with E-state index >= 15 is 0 Å². The Morgan fingerprint density at radius 2 is 2.14 bits per heavy atom. The van der Waals surface area contributed by atoms with Crippen molar-refractivity contribution in [3.8, 4) is 0 Å². The molecule has 2 aromatic rings. The van der Waals surface area contributed by atoms with Crippen LogP contribution in [-0.4, -0.2) is 24.2 Å². The van der Waals surface area contributed by atoms with Crippen LogP contribution in [0.1, 0.15) is 11.9 Å². The Bertz CT molecular complexity index is 421. The summed E-state index contributed by atoms with van der Waals surface area (Å²) in [5, 5.41) is 0. The first-order valence-electron chi connectivity index (χ1n) is 4.34. The van der Waals surface area contributed by atoms with Crippen LogP contribution in [-0.2, 0) is 9.47 Å². The molecule has 0 unspecified atom stereocenters. The molecule has 0 aromatic carbocycles. The smallest absolute Gasteiger partial charge is 0.184 e. The highest BCUT2D eigenvalue weighted by Crippen LogP contribution is 2.19. The van der Waals surface area contributed by atoms with Gasteiger partial charge in [-0.2, -0.15) is 0 Å². The van der Waals surface area contributed by atoms with E-state index in [1.165, 1.54) is 0 Å². The van der Waals surface area contributed by atoms with E-state index in [0.717, 1.165) is 16.6 Å². The van der Waals surface area contributed by atoms with E-state index in [4.69, 9.17) is 9.47 Å². The van der Waals surface area contributed by atoms with Gasteiger partial charge in [-0.05, 0) is 12.1 Å². The molecular weight excluding hydrogens is 180 g/mol. The third kappa shape index (κ3) is 1.49. The van der Waals surface area contributed by atoms with Crippen molar-refractivity contribution in [2.24, 2.45) is 0 Å². The van der Waals surface area contributed by atoms with Crippen molar-refractivity contribution in [3.63, 3.8) is 0 Å². The van der Waals surface area contributed by atoms with Gasteiger partial charge in [0, 0.05) is 32.2 Å². The highest BCUT2D eigenvalue weighted by Gasteiger charge is 2.09. The van der Waals surface area contributed by atoms with Gasteiger partial charge in [-0.3, -0.25) is 4.98 Å². The number of aromatic amines is 1. The molecular formula is C10H12N2O2. The van der Waals surface area contributed by atoms with Crippen molar-refractivity contribution in [1.29, 1.82) is 0 Å². The van der Waals surface area contributed by atoms with Crippen LogP contribution >= 0.6 is 0 Å². The van der Waals surface area contributed by atoms with Crippen LogP contribution < -0.4 is 0 Å². The number of nitrogens with zero attached hydrogens (tertiary/aromatic N) is 1. The molecule has 0 atom stereocenters. The van der Waals surface area contributed by atoms with Gasteiger partial charge in [0.05, 0.1) is 11.0 Å². The molecule has 74 valence electrons. The second kappa shape index (κ2) is 3.77. The van der Waals surface area contributed by atoms with Crippen LogP contribution in [0.15, 0.2) is 24.5 Å². The van der Waals surface area contributed by atoms with E-state index in [0.29, 0.717) is 0 Å². The maximum Gasteiger partial charge on any atom is 0.184 e. The van der Waals surface area contributed by atoms with E-state index in [1.54, 1.807) is 20.4 Å². The number of hydrogen-bond acceptors (Lipinski definition) is 3. The number of H-pyrrole nitrogens is 1. The van der Waals surface area contributed by atoms with Crippen LogP contribution in [0.25, 0.3) is 11.0 Å². The lowest BCUT2D eigenvalue weighted by Gasteiger charge is -2.12. The number of rotatable bonds is 3. The van der Waals surface area contributed by atoms with E-state index in [2.05, 4.69) is 9.97 Å². The zero-order chi connectivity index (χ0) is 9.97. The molecule has 0 saturated heterocycles. The lowest BCUT2D eigenvalue weighted by atomic mass is 10.2. The van der Waals surface area contributed by atoms with Gasteiger partial charge < -0.3 is 14.5 Å². The lowest BCUT2D eigenvalue weighted by Crippen LogP contribution is -2.03. The first-order chi connectivity index (χ1) is 6.85. The largest absolute Gasteiger partial charge is 0.360 e. The van der Waals surface area contributed by atoms with Crippen molar-refractivity contribution in [3.05, 3.63) is 30.1 Å². The molecule has 2 aromatic heterocycles. The Morgan fingerprint density at radius 3 is 2.86 bits per heavy atom. The normalized spacial score (nSPS) is 11.4. The van der Waals surface area contributed by atoms with Gasteiger partial charge in [-0.15, -0.1) is 0 Å². The van der Waals surface area contributed by atoms with Crippen molar-refractivity contribution >= 4 is 11.0 Å². The van der Waals surface area contributed by atoms with Crippen molar-refractivity contribution in [1.82, 2.24) is 9.97 Å². The molecule has 0 bridgehead atoms. The first kappa shape index (κ1) is 9.18. The molecule has 4 heteroatoms. The predicted octanol–water partition coefficient (Wildman–Crippen LogP) is 1.85. The van der Waals surface area contributed by atoms with Crippen LogP contribution in [0.5, 0.6) is 0 Å². The van der Waals surface area contributed by atoms with E-state index in [9.17, 15) is 0 Å². The number of aromatic nitrogens is 2. The maximum absolute atomic E-state index is 5.13. The Morgan fingerprint density at radius 1 is 1.36 bits per heavy atom. The third-order valence-corrected chi connectivity index (χ3v) is 2.12. The number of methoxy groups -OCH3 is 2. The minimum absolute atomic E-state index is 0.352. The van der Waals surface area contributed by atoms with Gasteiger partial charge in [-0.25, -0.2) is 0 Å². The molecule has 0 fully saturated rings. The summed E-state index contributed by atoms with van der Waals surface area (Å²) in [4.78, 5) is 7.36. The minimum atomic E-state index is -0.352. The van der Waals surface area contributed by atoms with E-state index in [1.807, 2.05) is 18.3 Å². The zero-order valence-electron chi connectivity index (χ0n) is 8.15. The molecule has 1 N–H and O–H groups in total. The summed E-state index contributed by atoms with van der Waals surface area (Å²) >= 11 is 0. The molecule has 0 aliphatic rings. The number of ether oxygens (including phenoxy) is 2. The second-order valence-corrected chi connectivity index (χ2v) is 2.98. The molecule has 14 heavy (non-hydrogen) atoms. The van der Waals surface area contributed by atoms with Crippen molar-refractivity contribution < 1.29 is 9.47 Å². The highest BCUT2D eigenvalue weighted by atomic mass is 16.7. The first-order valence-corrected chi connectivity index (χ1v) is 4.34. The Balaban J connectivity index is 2.42. The third-order valence-electron chi connectivity index (χ3n) is 2.12. The summed E-state index contributed by atoms with van der Waals surface area (Å²) in [6.45, 7) is 0. The topological polar surface area (TPSA) is 47.1 Å². The number of fused-ring (bicyclic) bond motifs is 1. The molecule has 2 heterocycles. The fourth-order valence-corrected chi connectivity index (χ4v) is 1.45. The average molecular weight is 192 g/mol. The highest BCUT2D eigenvalue weighted by molar-refractivity contribution is 5.75. The quantitative estimate of drug-likeness (QED) is 0.755. The van der Waals surface area contributed by atoms with Gasteiger partial charge in [0.15, 0.2) is 6.29 Å². The lowest BCUT2D eigenvalue weighted by molar-refractivity contribution is -0.106. The Hall–Kier alpha value is -1.39. The second-order valence-electron chi connectivity index (χ2n) is 2.98. The summed E-state index contributed by atoms with van der Waals surface area (Å²) < 4.78 is 10.3. The fraction of sp³-hybridized carbons (Fsp3) is 0.300. The number of pyridine rings is 1. The molecule has 0 spiro atoms. The summed E-state index contributed by atoms with van der Waals surface area (Å²) in [7, 11) is 3.21. The van der Waals surface area contributed by atoms with Crippen molar-refractivity contribution in [2.45, 2.75) is 6.29 Å². The molecule has 4 nitrogen and oxygen atoms in total. The van der Waals surface area contributed by atoms with Crippen LogP contribution in [0, 0.1) is 0 Å². The SMILES string of the molecule is COC(OC)c1cnc2cc[nH]c2c1. The van der Waals surface area contributed by atoms with Crippen LogP contribution in [0.2, 0.25) is 0 Å². The molecule has 0 saturated carbocycles. The van der Waals surface area contributed by atoms with Crippen LogP contribution in [0.3, 0.4) is 0 Å². The van der Waals surface area contributed by atoms with E-state index < -0.39 is 0 Å². The Labute approximate surface area is 81.9 Å². The van der Waals surface area contributed by atoms with Gasteiger partial charge in [0.2, 0.25) is 0 Å². The standard InChI is InChI=1S/C10H12N2O2/c1-13-10(14-2)7-5-9-8(12-6-7)3-4-11-9/h3-6,10-11H,1-2H3. The minimum Gasteiger partial charge on any atom is -0.360 e. The summed E-state index contributed by atoms with van der Waals surface area (Å²) in [5.74, 6) is 0. The van der Waals surface area contributed by atoms with Crippen molar-refractivity contribution in [2.75, 3.05) is 14.2 Å². The fourth-order valence-electron chi connectivity index (χ4n) is 1.45.